The Morgan fingerprint density at radius 2 is 2.35 bits per heavy atom. The fourth-order valence-corrected chi connectivity index (χ4v) is 2.59. The number of amides is 1. The van der Waals surface area contributed by atoms with Gasteiger partial charge in [-0.05, 0) is 36.2 Å². The van der Waals surface area contributed by atoms with Gasteiger partial charge in [0.15, 0.2) is 6.61 Å². The molecule has 0 saturated heterocycles. The van der Waals surface area contributed by atoms with Crippen molar-refractivity contribution in [3.8, 4) is 5.88 Å². The molecule has 104 valence electrons. The van der Waals surface area contributed by atoms with Crippen molar-refractivity contribution in [2.24, 2.45) is 0 Å². The van der Waals surface area contributed by atoms with Gasteiger partial charge in [-0.25, -0.2) is 0 Å². The van der Waals surface area contributed by atoms with Crippen molar-refractivity contribution in [1.29, 1.82) is 0 Å². The summed E-state index contributed by atoms with van der Waals surface area (Å²) < 4.78 is 11.2. The first-order valence-corrected chi connectivity index (χ1v) is 7.08. The second-order valence-corrected chi connectivity index (χ2v) is 5.55. The van der Waals surface area contributed by atoms with Crippen LogP contribution in [0.1, 0.15) is 11.3 Å². The van der Waals surface area contributed by atoms with Crippen molar-refractivity contribution >= 4 is 27.5 Å². The predicted octanol–water partition coefficient (Wildman–Crippen LogP) is 2.71. The molecule has 0 fully saturated rings. The molecule has 1 aliphatic rings. The quantitative estimate of drug-likeness (QED) is 0.864. The van der Waals surface area contributed by atoms with Crippen LogP contribution in [0, 0.1) is 6.92 Å². The van der Waals surface area contributed by atoms with Crippen molar-refractivity contribution in [3.05, 3.63) is 40.1 Å². The summed E-state index contributed by atoms with van der Waals surface area (Å²) in [6, 6.07) is 7.64. The summed E-state index contributed by atoms with van der Waals surface area (Å²) in [6.07, 6.45) is 0.872. The lowest BCUT2D eigenvalue weighted by Gasteiger charge is -2.17. The fourth-order valence-electron chi connectivity index (χ4n) is 2.24. The summed E-state index contributed by atoms with van der Waals surface area (Å²) in [7, 11) is 0. The molecule has 0 N–H and O–H groups in total. The number of halogens is 1. The maximum absolute atomic E-state index is 12.2. The lowest BCUT2D eigenvalue weighted by atomic mass is 10.2. The molecule has 1 amide bonds. The van der Waals surface area contributed by atoms with Crippen LogP contribution >= 0.6 is 15.9 Å². The van der Waals surface area contributed by atoms with E-state index in [9.17, 15) is 4.79 Å². The van der Waals surface area contributed by atoms with Crippen LogP contribution in [0.2, 0.25) is 0 Å². The molecule has 1 aromatic heterocycles. The van der Waals surface area contributed by atoms with E-state index in [0.717, 1.165) is 16.6 Å². The van der Waals surface area contributed by atoms with Crippen LogP contribution < -0.4 is 9.64 Å². The number of hydrogen-bond acceptors (Lipinski definition) is 4. The molecule has 0 atom stereocenters. The van der Waals surface area contributed by atoms with Crippen molar-refractivity contribution in [1.82, 2.24) is 5.16 Å². The largest absolute Gasteiger partial charge is 0.465 e. The summed E-state index contributed by atoms with van der Waals surface area (Å²) in [5, 5.41) is 3.70. The molecule has 2 heterocycles. The van der Waals surface area contributed by atoms with E-state index in [2.05, 4.69) is 21.1 Å². The van der Waals surface area contributed by atoms with E-state index in [4.69, 9.17) is 9.26 Å². The lowest BCUT2D eigenvalue weighted by molar-refractivity contribution is -0.120. The molecule has 2 aromatic rings. The van der Waals surface area contributed by atoms with Gasteiger partial charge in [-0.3, -0.25) is 4.79 Å². The molecule has 0 bridgehead atoms. The number of aromatic nitrogens is 1. The van der Waals surface area contributed by atoms with Crippen LogP contribution in [0.15, 0.2) is 33.3 Å². The van der Waals surface area contributed by atoms with E-state index >= 15 is 0 Å². The molecule has 6 heteroatoms. The van der Waals surface area contributed by atoms with Gasteiger partial charge in [0, 0.05) is 22.8 Å². The molecule has 1 aliphatic heterocycles. The Balaban J connectivity index is 1.69. The molecular weight excluding hydrogens is 324 g/mol. The van der Waals surface area contributed by atoms with Gasteiger partial charge in [-0.2, -0.15) is 0 Å². The number of nitrogens with zero attached hydrogens (tertiary/aromatic N) is 2. The number of ether oxygens (including phenoxy) is 1. The molecule has 20 heavy (non-hydrogen) atoms. The lowest BCUT2D eigenvalue weighted by Crippen LogP contribution is -2.33. The van der Waals surface area contributed by atoms with E-state index in [1.807, 2.05) is 18.2 Å². The van der Waals surface area contributed by atoms with Crippen molar-refractivity contribution in [2.75, 3.05) is 18.1 Å². The first-order valence-electron chi connectivity index (χ1n) is 6.28. The number of benzene rings is 1. The monoisotopic (exact) mass is 336 g/mol. The van der Waals surface area contributed by atoms with Crippen LogP contribution in [-0.2, 0) is 11.2 Å². The van der Waals surface area contributed by atoms with Crippen molar-refractivity contribution in [3.63, 3.8) is 0 Å². The predicted molar refractivity (Wildman–Crippen MR) is 76.9 cm³/mol. The van der Waals surface area contributed by atoms with Gasteiger partial charge in [-0.15, -0.1) is 0 Å². The number of aryl methyl sites for hydroxylation is 1. The van der Waals surface area contributed by atoms with Gasteiger partial charge in [0.1, 0.15) is 5.76 Å². The molecular formula is C14H13BrN2O3. The summed E-state index contributed by atoms with van der Waals surface area (Å²) in [5.74, 6) is 0.912. The van der Waals surface area contributed by atoms with Crippen LogP contribution in [0.4, 0.5) is 5.69 Å². The summed E-state index contributed by atoms with van der Waals surface area (Å²) in [4.78, 5) is 14.0. The van der Waals surface area contributed by atoms with Gasteiger partial charge in [-0.1, -0.05) is 22.0 Å². The van der Waals surface area contributed by atoms with Gasteiger partial charge in [0.2, 0.25) is 0 Å². The van der Waals surface area contributed by atoms with E-state index in [1.54, 1.807) is 17.9 Å². The number of fused-ring (bicyclic) bond motifs is 1. The van der Waals surface area contributed by atoms with E-state index in [0.29, 0.717) is 18.2 Å². The molecule has 0 unspecified atom stereocenters. The molecule has 0 saturated carbocycles. The standard InChI is InChI=1S/C14H13BrN2O3/c1-9-6-13(16-20-9)19-8-14(18)17-5-4-10-2-3-11(15)7-12(10)17/h2-3,6-7H,4-5,8H2,1H3. The minimum Gasteiger partial charge on any atom is -0.465 e. The average molecular weight is 337 g/mol. The first-order chi connectivity index (χ1) is 9.63. The van der Waals surface area contributed by atoms with Gasteiger partial charge >= 0.3 is 0 Å². The summed E-state index contributed by atoms with van der Waals surface area (Å²) in [6.45, 7) is 2.42. The van der Waals surface area contributed by atoms with Crippen LogP contribution in [-0.4, -0.2) is 24.2 Å². The van der Waals surface area contributed by atoms with Gasteiger partial charge in [0.25, 0.3) is 11.8 Å². The third kappa shape index (κ3) is 2.56. The smallest absolute Gasteiger partial charge is 0.264 e. The second kappa shape index (κ2) is 5.28. The highest BCUT2D eigenvalue weighted by atomic mass is 79.9. The first kappa shape index (κ1) is 13.2. The third-order valence-electron chi connectivity index (χ3n) is 3.19. The SMILES string of the molecule is Cc1cc(OCC(=O)N2CCc3ccc(Br)cc32)no1. The zero-order valence-corrected chi connectivity index (χ0v) is 12.5. The Hall–Kier alpha value is -1.82. The van der Waals surface area contributed by atoms with Gasteiger partial charge in [0.05, 0.1) is 0 Å². The molecule has 1 aromatic carbocycles. The normalized spacial score (nSPS) is 13.4. The second-order valence-electron chi connectivity index (χ2n) is 4.63. The average Bonchev–Trinajstić information content (AvgIpc) is 3.02. The summed E-state index contributed by atoms with van der Waals surface area (Å²) in [5.41, 5.74) is 2.13. The highest BCUT2D eigenvalue weighted by molar-refractivity contribution is 9.10. The van der Waals surface area contributed by atoms with Crippen molar-refractivity contribution in [2.45, 2.75) is 13.3 Å². The topological polar surface area (TPSA) is 55.6 Å². The van der Waals surface area contributed by atoms with Crippen LogP contribution in [0.3, 0.4) is 0 Å². The molecule has 0 aliphatic carbocycles. The van der Waals surface area contributed by atoms with Crippen LogP contribution in [0.5, 0.6) is 5.88 Å². The Bertz CT molecular complexity index is 654. The van der Waals surface area contributed by atoms with Crippen LogP contribution in [0.25, 0.3) is 0 Å². The Morgan fingerprint density at radius 1 is 1.50 bits per heavy atom. The van der Waals surface area contributed by atoms with Gasteiger partial charge < -0.3 is 14.2 Å². The minimum absolute atomic E-state index is 0.0437. The Labute approximate surface area is 124 Å². The van der Waals surface area contributed by atoms with E-state index in [-0.39, 0.29) is 12.5 Å². The van der Waals surface area contributed by atoms with E-state index < -0.39 is 0 Å². The third-order valence-corrected chi connectivity index (χ3v) is 3.69. The molecule has 3 rings (SSSR count). The summed E-state index contributed by atoms with van der Waals surface area (Å²) >= 11 is 3.43. The Morgan fingerprint density at radius 3 is 3.10 bits per heavy atom. The van der Waals surface area contributed by atoms with Crippen molar-refractivity contribution < 1.29 is 14.1 Å². The maximum atomic E-state index is 12.2. The zero-order chi connectivity index (χ0) is 14.1. The molecule has 0 spiro atoms. The zero-order valence-electron chi connectivity index (χ0n) is 10.9. The fraction of sp³-hybridized carbons (Fsp3) is 0.286. The number of carbonyl (C=O) groups excluding carboxylic acids is 1. The minimum atomic E-state index is -0.0810. The number of rotatable bonds is 3. The number of hydrogen-bond donors (Lipinski definition) is 0. The molecule has 5 nitrogen and oxygen atoms in total. The van der Waals surface area contributed by atoms with E-state index in [1.165, 1.54) is 5.56 Å². The highest BCUT2D eigenvalue weighted by Gasteiger charge is 2.25. The maximum Gasteiger partial charge on any atom is 0.264 e. The molecule has 0 radical (unpaired) electrons. The number of anilines is 1. The highest BCUT2D eigenvalue weighted by Crippen LogP contribution is 2.30. The number of carbonyl (C=O) groups is 1. The Kier molecular flexibility index (Phi) is 3.48.